The number of aliphatic carboxylic acids is 1. The van der Waals surface area contributed by atoms with E-state index in [2.05, 4.69) is 18.7 Å². The van der Waals surface area contributed by atoms with Crippen molar-refractivity contribution in [1.82, 2.24) is 0 Å². The standard InChI is InChI=1S/C14H17NO2S/c1-10(2)12-5-3-11(4-6-12)7-13(14(16)17)8-18-9-15/h3,5,8,11-12H,1,4,6-7H2,2H3,(H,16,17)/b13-8-. The fraction of sp³-hybridized carbons (Fsp3) is 0.429. The summed E-state index contributed by atoms with van der Waals surface area (Å²) in [5.41, 5.74) is 1.46. The van der Waals surface area contributed by atoms with Gasteiger partial charge in [-0.05, 0) is 55.2 Å². The Bertz CT molecular complexity index is 432. The molecule has 0 fully saturated rings. The number of carbonyl (C=O) groups is 1. The van der Waals surface area contributed by atoms with E-state index in [9.17, 15) is 4.79 Å². The lowest BCUT2D eigenvalue weighted by Crippen LogP contribution is -2.12. The van der Waals surface area contributed by atoms with Crippen molar-refractivity contribution in [3.8, 4) is 5.40 Å². The van der Waals surface area contributed by atoms with Gasteiger partial charge in [0.25, 0.3) is 0 Å². The van der Waals surface area contributed by atoms with Gasteiger partial charge in [-0.25, -0.2) is 4.79 Å². The van der Waals surface area contributed by atoms with E-state index in [0.717, 1.165) is 30.2 Å². The molecule has 18 heavy (non-hydrogen) atoms. The predicted octanol–water partition coefficient (Wildman–Crippen LogP) is 3.72. The number of carboxylic acid groups (broad SMARTS) is 1. The molecule has 0 aromatic rings. The molecule has 1 aliphatic rings. The lowest BCUT2D eigenvalue weighted by atomic mass is 9.83. The van der Waals surface area contributed by atoms with Crippen LogP contribution in [0.25, 0.3) is 0 Å². The first kappa shape index (κ1) is 14.6. The zero-order valence-electron chi connectivity index (χ0n) is 10.4. The molecule has 0 saturated carbocycles. The molecule has 2 atom stereocenters. The summed E-state index contributed by atoms with van der Waals surface area (Å²) in [4.78, 5) is 11.0. The smallest absolute Gasteiger partial charge is 0.332 e. The largest absolute Gasteiger partial charge is 0.478 e. The topological polar surface area (TPSA) is 61.1 Å². The third-order valence-corrected chi connectivity index (χ3v) is 3.62. The van der Waals surface area contributed by atoms with E-state index in [-0.39, 0.29) is 5.92 Å². The number of allylic oxidation sites excluding steroid dienone is 3. The van der Waals surface area contributed by atoms with Crippen LogP contribution in [0.4, 0.5) is 0 Å². The van der Waals surface area contributed by atoms with Crippen LogP contribution in [0, 0.1) is 22.5 Å². The molecule has 0 aromatic heterocycles. The predicted molar refractivity (Wildman–Crippen MR) is 73.7 cm³/mol. The van der Waals surface area contributed by atoms with Crippen LogP contribution < -0.4 is 0 Å². The molecular formula is C14H17NO2S. The van der Waals surface area contributed by atoms with Crippen LogP contribution in [0.2, 0.25) is 0 Å². The average Bonchev–Trinajstić information content (AvgIpc) is 2.34. The second kappa shape index (κ2) is 7.07. The van der Waals surface area contributed by atoms with Gasteiger partial charge in [-0.2, -0.15) is 5.26 Å². The monoisotopic (exact) mass is 263 g/mol. The van der Waals surface area contributed by atoms with Crippen molar-refractivity contribution in [3.63, 3.8) is 0 Å². The molecule has 2 unspecified atom stereocenters. The summed E-state index contributed by atoms with van der Waals surface area (Å²) in [5.74, 6) is -0.262. The number of hydrogen-bond acceptors (Lipinski definition) is 3. The highest BCUT2D eigenvalue weighted by atomic mass is 32.2. The normalized spacial score (nSPS) is 23.4. The molecule has 0 bridgehead atoms. The fourth-order valence-corrected chi connectivity index (χ4v) is 2.42. The molecule has 0 aliphatic heterocycles. The summed E-state index contributed by atoms with van der Waals surface area (Å²) in [7, 11) is 0. The van der Waals surface area contributed by atoms with Gasteiger partial charge < -0.3 is 5.11 Å². The molecule has 0 aromatic carbocycles. The Labute approximate surface area is 112 Å². The maximum atomic E-state index is 11.0. The highest BCUT2D eigenvalue weighted by Crippen LogP contribution is 2.30. The van der Waals surface area contributed by atoms with Crippen LogP contribution in [0.15, 0.2) is 35.3 Å². The Morgan fingerprint density at radius 1 is 1.61 bits per heavy atom. The maximum Gasteiger partial charge on any atom is 0.332 e. The van der Waals surface area contributed by atoms with E-state index in [4.69, 9.17) is 10.4 Å². The quantitative estimate of drug-likeness (QED) is 0.466. The molecule has 1 rings (SSSR count). The molecule has 0 spiro atoms. The summed E-state index contributed by atoms with van der Waals surface area (Å²) in [6.45, 7) is 5.95. The minimum absolute atomic E-state index is 0.252. The first-order valence-corrected chi connectivity index (χ1v) is 6.73. The molecule has 0 amide bonds. The Hall–Kier alpha value is -1.47. The third kappa shape index (κ3) is 4.42. The summed E-state index contributed by atoms with van der Waals surface area (Å²) < 4.78 is 0. The second-order valence-electron chi connectivity index (χ2n) is 4.54. The van der Waals surface area contributed by atoms with Gasteiger partial charge in [-0.3, -0.25) is 0 Å². The van der Waals surface area contributed by atoms with Crippen molar-refractivity contribution in [2.24, 2.45) is 11.8 Å². The van der Waals surface area contributed by atoms with Crippen LogP contribution in [0.3, 0.4) is 0 Å². The fourth-order valence-electron chi connectivity index (χ4n) is 2.02. The number of carboxylic acids is 1. The van der Waals surface area contributed by atoms with Gasteiger partial charge in [0, 0.05) is 5.57 Å². The lowest BCUT2D eigenvalue weighted by molar-refractivity contribution is -0.132. The molecule has 96 valence electrons. The number of hydrogen-bond donors (Lipinski definition) is 1. The van der Waals surface area contributed by atoms with E-state index < -0.39 is 5.97 Å². The number of rotatable bonds is 5. The highest BCUT2D eigenvalue weighted by molar-refractivity contribution is 8.06. The first-order chi connectivity index (χ1) is 8.54. The van der Waals surface area contributed by atoms with Crippen molar-refractivity contribution >= 4 is 17.7 Å². The Morgan fingerprint density at radius 2 is 2.33 bits per heavy atom. The molecule has 0 heterocycles. The minimum atomic E-state index is -0.937. The molecule has 4 heteroatoms. The van der Waals surface area contributed by atoms with Crippen LogP contribution in [-0.4, -0.2) is 11.1 Å². The van der Waals surface area contributed by atoms with E-state index in [0.29, 0.717) is 17.9 Å². The summed E-state index contributed by atoms with van der Waals surface area (Å²) in [6.07, 6.45) is 6.68. The van der Waals surface area contributed by atoms with Crippen LogP contribution in [0.1, 0.15) is 26.2 Å². The molecule has 1 N–H and O–H groups in total. The molecule has 0 radical (unpaired) electrons. The van der Waals surface area contributed by atoms with Crippen molar-refractivity contribution in [1.29, 1.82) is 5.26 Å². The second-order valence-corrected chi connectivity index (χ2v) is 5.19. The van der Waals surface area contributed by atoms with Crippen molar-refractivity contribution in [2.45, 2.75) is 26.2 Å². The van der Waals surface area contributed by atoms with Crippen LogP contribution in [-0.2, 0) is 4.79 Å². The Morgan fingerprint density at radius 3 is 2.78 bits per heavy atom. The molecule has 1 aliphatic carbocycles. The van der Waals surface area contributed by atoms with Gasteiger partial charge in [0.2, 0.25) is 0 Å². The number of thiocyanates is 1. The van der Waals surface area contributed by atoms with E-state index in [1.54, 1.807) is 0 Å². The van der Waals surface area contributed by atoms with Gasteiger partial charge >= 0.3 is 5.97 Å². The van der Waals surface area contributed by atoms with Gasteiger partial charge in [0.1, 0.15) is 5.40 Å². The third-order valence-electron chi connectivity index (χ3n) is 3.11. The summed E-state index contributed by atoms with van der Waals surface area (Å²) >= 11 is 0.863. The number of nitrogens with zero attached hydrogens (tertiary/aromatic N) is 1. The van der Waals surface area contributed by atoms with Gasteiger partial charge in [-0.1, -0.05) is 24.3 Å². The van der Waals surface area contributed by atoms with Gasteiger partial charge in [-0.15, -0.1) is 0 Å². The SMILES string of the molecule is C=C(C)C1C=CC(C/C(=C/SC#N)C(=O)O)CC1. The average molecular weight is 263 g/mol. The summed E-state index contributed by atoms with van der Waals surface area (Å²) in [6, 6.07) is 0. The van der Waals surface area contributed by atoms with E-state index >= 15 is 0 Å². The zero-order valence-corrected chi connectivity index (χ0v) is 11.2. The highest BCUT2D eigenvalue weighted by Gasteiger charge is 2.19. The Kier molecular flexibility index (Phi) is 5.73. The zero-order chi connectivity index (χ0) is 13.5. The van der Waals surface area contributed by atoms with Gasteiger partial charge in [0.05, 0.1) is 0 Å². The number of nitriles is 1. The Balaban J connectivity index is 2.63. The first-order valence-electron chi connectivity index (χ1n) is 5.85. The summed E-state index contributed by atoms with van der Waals surface area (Å²) in [5, 5.41) is 20.8. The lowest BCUT2D eigenvalue weighted by Gasteiger charge is -2.23. The van der Waals surface area contributed by atoms with Crippen molar-refractivity contribution in [3.05, 3.63) is 35.3 Å². The molecule has 0 saturated heterocycles. The van der Waals surface area contributed by atoms with Gasteiger partial charge in [0.15, 0.2) is 0 Å². The maximum absolute atomic E-state index is 11.0. The number of thioether (sulfide) groups is 1. The molecular weight excluding hydrogens is 246 g/mol. The van der Waals surface area contributed by atoms with E-state index in [1.807, 2.05) is 12.3 Å². The van der Waals surface area contributed by atoms with Crippen LogP contribution >= 0.6 is 11.8 Å². The van der Waals surface area contributed by atoms with Crippen molar-refractivity contribution < 1.29 is 9.90 Å². The van der Waals surface area contributed by atoms with Crippen LogP contribution in [0.5, 0.6) is 0 Å². The van der Waals surface area contributed by atoms with E-state index in [1.165, 1.54) is 5.41 Å². The van der Waals surface area contributed by atoms with Crippen molar-refractivity contribution in [2.75, 3.05) is 0 Å². The molecule has 3 nitrogen and oxygen atoms in total. The minimum Gasteiger partial charge on any atom is -0.478 e.